The highest BCUT2D eigenvalue weighted by molar-refractivity contribution is 7.14. The number of benzene rings is 1. The van der Waals surface area contributed by atoms with Crippen molar-refractivity contribution in [2.75, 3.05) is 59.3 Å². The second-order valence-corrected chi connectivity index (χ2v) is 19.0. The van der Waals surface area contributed by atoms with Gasteiger partial charge >= 0.3 is 0 Å². The van der Waals surface area contributed by atoms with Gasteiger partial charge in [0, 0.05) is 105 Å². The molecule has 16 heteroatoms. The van der Waals surface area contributed by atoms with Crippen LogP contribution in [0.5, 0.6) is 5.75 Å². The third-order valence-corrected chi connectivity index (χ3v) is 15.2. The van der Waals surface area contributed by atoms with E-state index < -0.39 is 6.10 Å². The van der Waals surface area contributed by atoms with Crippen LogP contribution in [0.15, 0.2) is 71.9 Å². The number of hydrogen-bond donors (Lipinski definition) is 3. The number of rotatable bonds is 10. The number of aromatic nitrogens is 3. The second-order valence-electron chi connectivity index (χ2n) is 17.9. The van der Waals surface area contributed by atoms with Gasteiger partial charge in [0.2, 0.25) is 5.91 Å². The molecule has 3 amide bonds. The Kier molecular flexibility index (Phi) is 11.9. The van der Waals surface area contributed by atoms with Crippen LogP contribution in [0.2, 0.25) is 0 Å². The van der Waals surface area contributed by atoms with Crippen molar-refractivity contribution in [2.45, 2.75) is 89.5 Å². The Labute approximate surface area is 382 Å². The predicted molar refractivity (Wildman–Crippen MR) is 252 cm³/mol. The highest BCUT2D eigenvalue weighted by atomic mass is 32.1. The molecule has 2 atom stereocenters. The molecular formula is C49H55N9O6S. The number of carbonyl (C=O) groups is 3. The van der Waals surface area contributed by atoms with Crippen molar-refractivity contribution in [3.63, 3.8) is 0 Å². The minimum atomic E-state index is -0.644. The zero-order chi connectivity index (χ0) is 44.8. The van der Waals surface area contributed by atoms with E-state index in [-0.39, 0.29) is 42.4 Å². The van der Waals surface area contributed by atoms with Crippen LogP contribution in [0.1, 0.15) is 76.7 Å². The van der Waals surface area contributed by atoms with Gasteiger partial charge in [0.1, 0.15) is 23.1 Å². The number of piperazine rings is 1. The Bertz CT molecular complexity index is 2680. The molecule has 1 unspecified atom stereocenters. The molecule has 8 heterocycles. The lowest BCUT2D eigenvalue weighted by molar-refractivity contribution is -0.138. The van der Waals surface area contributed by atoms with E-state index in [2.05, 4.69) is 43.3 Å². The summed E-state index contributed by atoms with van der Waals surface area (Å²) in [6.07, 6.45) is 12.6. The number of hydrogen-bond acceptors (Lipinski definition) is 13. The van der Waals surface area contributed by atoms with Crippen molar-refractivity contribution in [1.29, 1.82) is 0 Å². The average Bonchev–Trinajstić information content (AvgIpc) is 3.71. The Morgan fingerprint density at radius 2 is 1.68 bits per heavy atom. The van der Waals surface area contributed by atoms with Crippen molar-refractivity contribution >= 4 is 57.8 Å². The molecule has 4 aromatic heterocycles. The Balaban J connectivity index is 0.759. The maximum absolute atomic E-state index is 14.0. The van der Waals surface area contributed by atoms with Crippen molar-refractivity contribution in [1.82, 2.24) is 24.8 Å². The lowest BCUT2D eigenvalue weighted by atomic mass is 9.92. The molecule has 5 aromatic rings. The maximum Gasteiger partial charge on any atom is 0.274 e. The number of nitrogens with zero attached hydrogens (tertiary/aromatic N) is 7. The third kappa shape index (κ3) is 8.50. The normalized spacial score (nSPS) is 20.7. The van der Waals surface area contributed by atoms with E-state index in [0.29, 0.717) is 58.8 Å². The van der Waals surface area contributed by atoms with Crippen LogP contribution >= 0.6 is 11.3 Å². The van der Waals surface area contributed by atoms with Gasteiger partial charge in [0.15, 0.2) is 6.10 Å². The highest BCUT2D eigenvalue weighted by Crippen LogP contribution is 2.40. The van der Waals surface area contributed by atoms with Crippen LogP contribution in [-0.2, 0) is 42.5 Å². The largest absolute Gasteiger partial charge is 0.481 e. The standard InChI is InChI=1S/C49H55N9O6S/c1-30-27-56(33-16-20-55(21-17-33)32-7-10-35(11-8-32)64-41-12-14-44(60)53-47(41)61)23-24-57(30)34-9-13-43(51-26-34)52-40-25-31(28-54(2)48(40)62)36-15-19-50-46(39(36)29-59)58-22-18-38-37-5-3-4-6-42(37)65-45(38)49(58)63/h7-11,13,15,19,25-26,28,30,33,41,59H,3-6,12,14,16-18,20-24,27,29H2,1-2H3,(H,51,52)(H,53,60,61)/t30-,41?/m0/s1. The van der Waals surface area contributed by atoms with Gasteiger partial charge in [0.05, 0.1) is 23.4 Å². The van der Waals surface area contributed by atoms with Gasteiger partial charge in [0.25, 0.3) is 17.4 Å². The molecule has 4 aliphatic heterocycles. The number of aliphatic hydroxyl groups is 1. The molecule has 0 radical (unpaired) electrons. The fraction of sp³-hybridized carbons (Fsp3) is 0.429. The van der Waals surface area contributed by atoms with E-state index in [9.17, 15) is 24.3 Å². The quantitative estimate of drug-likeness (QED) is 0.149. The van der Waals surface area contributed by atoms with Crippen LogP contribution in [0.3, 0.4) is 0 Å². The Hall–Kier alpha value is -6.10. The average molecular weight is 898 g/mol. The first kappa shape index (κ1) is 42.8. The van der Waals surface area contributed by atoms with Crippen LogP contribution in [0.25, 0.3) is 11.1 Å². The minimum Gasteiger partial charge on any atom is -0.481 e. The minimum absolute atomic E-state index is 0.0573. The summed E-state index contributed by atoms with van der Waals surface area (Å²) in [6.45, 7) is 7.16. The van der Waals surface area contributed by atoms with E-state index in [1.54, 1.807) is 41.7 Å². The number of pyridine rings is 3. The van der Waals surface area contributed by atoms with Crippen molar-refractivity contribution in [3.8, 4) is 16.9 Å². The number of anilines is 5. The van der Waals surface area contributed by atoms with Gasteiger partial charge in [-0.2, -0.15) is 0 Å². The molecule has 5 aliphatic rings. The zero-order valence-electron chi connectivity index (χ0n) is 36.9. The van der Waals surface area contributed by atoms with Crippen LogP contribution in [-0.4, -0.2) is 99.7 Å². The number of piperidine rings is 2. The summed E-state index contributed by atoms with van der Waals surface area (Å²) in [4.78, 5) is 71.7. The molecular weight excluding hydrogens is 843 g/mol. The first-order valence-corrected chi connectivity index (χ1v) is 23.8. The summed E-state index contributed by atoms with van der Waals surface area (Å²) in [6, 6.07) is 16.3. The van der Waals surface area contributed by atoms with Gasteiger partial charge in [-0.05, 0) is 117 Å². The number of amides is 3. The summed E-state index contributed by atoms with van der Waals surface area (Å²) in [5.41, 5.74) is 6.83. The van der Waals surface area contributed by atoms with E-state index >= 15 is 0 Å². The SMILES string of the molecule is C[C@H]1CN(C2CCN(c3ccc(OC4CCC(=O)NC4=O)cc3)CC2)CCN1c1ccc(Nc2cc(-c3ccnc(N4CCc5c(sc6c5CCCC6)C4=O)c3CO)cn(C)c2=O)nc1. The molecule has 15 nitrogen and oxygen atoms in total. The van der Waals surface area contributed by atoms with Crippen molar-refractivity contribution < 1.29 is 24.2 Å². The number of aryl methyl sites for hydroxylation is 2. The maximum atomic E-state index is 14.0. The Morgan fingerprint density at radius 1 is 0.877 bits per heavy atom. The number of ether oxygens (including phenoxy) is 1. The Morgan fingerprint density at radius 3 is 2.43 bits per heavy atom. The topological polar surface area (TPSA) is 165 Å². The molecule has 0 saturated carbocycles. The van der Waals surface area contributed by atoms with E-state index in [1.165, 1.54) is 27.0 Å². The van der Waals surface area contributed by atoms with Crippen LogP contribution in [0, 0.1) is 0 Å². The van der Waals surface area contributed by atoms with Crippen LogP contribution < -0.4 is 35.6 Å². The first-order valence-electron chi connectivity index (χ1n) is 23.0. The molecule has 3 N–H and O–H groups in total. The summed E-state index contributed by atoms with van der Waals surface area (Å²) < 4.78 is 7.39. The predicted octanol–water partition coefficient (Wildman–Crippen LogP) is 5.58. The van der Waals surface area contributed by atoms with Gasteiger partial charge < -0.3 is 29.5 Å². The van der Waals surface area contributed by atoms with Crippen molar-refractivity contribution in [2.24, 2.45) is 7.05 Å². The number of nitrogens with one attached hydrogen (secondary N) is 2. The smallest absolute Gasteiger partial charge is 0.274 e. The first-order chi connectivity index (χ1) is 31.6. The molecule has 65 heavy (non-hydrogen) atoms. The second kappa shape index (κ2) is 18.1. The number of imide groups is 1. The lowest BCUT2D eigenvalue weighted by Gasteiger charge is -2.46. The summed E-state index contributed by atoms with van der Waals surface area (Å²) >= 11 is 1.63. The number of aliphatic hydroxyl groups excluding tert-OH is 1. The fourth-order valence-electron chi connectivity index (χ4n) is 10.5. The fourth-order valence-corrected chi connectivity index (χ4v) is 11.8. The van der Waals surface area contributed by atoms with Gasteiger partial charge in [-0.15, -0.1) is 11.3 Å². The van der Waals surface area contributed by atoms with Crippen molar-refractivity contribution in [3.05, 3.63) is 104 Å². The molecule has 3 fully saturated rings. The molecule has 1 aromatic carbocycles. The number of carbonyl (C=O) groups excluding carboxylic acids is 3. The summed E-state index contributed by atoms with van der Waals surface area (Å²) in [5.74, 6) is 0.935. The monoisotopic (exact) mass is 897 g/mol. The zero-order valence-corrected chi connectivity index (χ0v) is 37.7. The molecule has 0 spiro atoms. The van der Waals surface area contributed by atoms with Crippen LogP contribution in [0.4, 0.5) is 28.7 Å². The molecule has 10 rings (SSSR count). The summed E-state index contributed by atoms with van der Waals surface area (Å²) in [7, 11) is 1.70. The van der Waals surface area contributed by atoms with E-state index in [1.807, 2.05) is 42.6 Å². The molecule has 0 bridgehead atoms. The van der Waals surface area contributed by atoms with Gasteiger partial charge in [-0.25, -0.2) is 9.97 Å². The van der Waals surface area contributed by atoms with E-state index in [0.717, 1.165) is 87.5 Å². The lowest BCUT2D eigenvalue weighted by Crippen LogP contribution is -2.57. The van der Waals surface area contributed by atoms with Gasteiger partial charge in [-0.3, -0.25) is 34.3 Å². The highest BCUT2D eigenvalue weighted by Gasteiger charge is 2.35. The molecule has 1 aliphatic carbocycles. The molecule has 3 saturated heterocycles. The van der Waals surface area contributed by atoms with E-state index in [4.69, 9.17) is 9.72 Å². The number of thiophene rings is 1. The summed E-state index contributed by atoms with van der Waals surface area (Å²) in [5, 5.41) is 16.4. The molecule has 338 valence electrons. The van der Waals surface area contributed by atoms with Gasteiger partial charge in [-0.1, -0.05) is 0 Å². The third-order valence-electron chi connectivity index (χ3n) is 13.9. The number of fused-ring (bicyclic) bond motifs is 3.